The van der Waals surface area contributed by atoms with Crippen molar-refractivity contribution in [3.63, 3.8) is 0 Å². The largest absolute Gasteiger partial charge is 0.391 e. The first-order valence-corrected chi connectivity index (χ1v) is 9.22. The van der Waals surface area contributed by atoms with E-state index in [0.717, 1.165) is 45.4 Å². The Hall–Kier alpha value is -1.39. The average molecular weight is 330 g/mol. The number of piperidine rings is 2. The number of carbonyl (C=O) groups excluding carboxylic acids is 1. The molecule has 0 aliphatic carbocycles. The highest BCUT2D eigenvalue weighted by Crippen LogP contribution is 2.34. The molecule has 1 aromatic rings. The van der Waals surface area contributed by atoms with Crippen molar-refractivity contribution in [1.82, 2.24) is 9.80 Å². The number of nitrogens with zero attached hydrogens (tertiary/aromatic N) is 2. The number of rotatable bonds is 3. The van der Waals surface area contributed by atoms with E-state index in [2.05, 4.69) is 43.0 Å². The van der Waals surface area contributed by atoms with Crippen LogP contribution >= 0.6 is 0 Å². The number of hydrogen-bond acceptors (Lipinski definition) is 3. The minimum atomic E-state index is -0.371. The van der Waals surface area contributed by atoms with E-state index in [4.69, 9.17) is 0 Å². The molecule has 4 heteroatoms. The second-order valence-corrected chi connectivity index (χ2v) is 7.91. The third-order valence-electron chi connectivity index (χ3n) is 5.93. The average Bonchev–Trinajstić information content (AvgIpc) is 2.60. The predicted octanol–water partition coefficient (Wildman–Crippen LogP) is 2.52. The summed E-state index contributed by atoms with van der Waals surface area (Å²) >= 11 is 0. The minimum absolute atomic E-state index is 0.243. The summed E-state index contributed by atoms with van der Waals surface area (Å²) in [7, 11) is 0. The van der Waals surface area contributed by atoms with Crippen LogP contribution in [0.2, 0.25) is 0 Å². The Balaban J connectivity index is 1.55. The first-order valence-electron chi connectivity index (χ1n) is 9.22. The van der Waals surface area contributed by atoms with Crippen molar-refractivity contribution in [3.8, 4) is 0 Å². The van der Waals surface area contributed by atoms with Gasteiger partial charge in [0.1, 0.15) is 0 Å². The zero-order valence-electron chi connectivity index (χ0n) is 14.9. The van der Waals surface area contributed by atoms with Gasteiger partial charge < -0.3 is 10.0 Å². The molecular formula is C20H30N2O2. The molecule has 1 N–H and O–H groups in total. The van der Waals surface area contributed by atoms with Crippen LogP contribution in [-0.4, -0.2) is 53.1 Å². The second-order valence-electron chi connectivity index (χ2n) is 7.91. The highest BCUT2D eigenvalue weighted by molar-refractivity contribution is 5.82. The van der Waals surface area contributed by atoms with Crippen molar-refractivity contribution in [2.24, 2.45) is 11.3 Å². The standard InChI is InChI=1S/C20H30N2O2/c1-16-8-11-22(15-18(16)23)19(24)20(2)9-12-21(13-10-20)14-17-6-4-3-5-7-17/h3-7,16,18,23H,8-15H2,1-2H3/t16-,18-/m1/s1. The summed E-state index contributed by atoms with van der Waals surface area (Å²) in [5, 5.41) is 10.1. The van der Waals surface area contributed by atoms with Gasteiger partial charge >= 0.3 is 0 Å². The van der Waals surface area contributed by atoms with Crippen LogP contribution in [0, 0.1) is 11.3 Å². The number of likely N-dealkylation sites (tertiary alicyclic amines) is 2. The zero-order chi connectivity index (χ0) is 17.2. The fraction of sp³-hybridized carbons (Fsp3) is 0.650. The van der Waals surface area contributed by atoms with Crippen molar-refractivity contribution in [1.29, 1.82) is 0 Å². The number of β-amino-alcohol motifs (C(OH)–C–C–N with tert-alkyl or cyclic N) is 1. The van der Waals surface area contributed by atoms with Crippen LogP contribution in [0.1, 0.15) is 38.7 Å². The molecule has 24 heavy (non-hydrogen) atoms. The van der Waals surface area contributed by atoms with Gasteiger partial charge in [-0.25, -0.2) is 0 Å². The van der Waals surface area contributed by atoms with Gasteiger partial charge in [0.25, 0.3) is 0 Å². The number of aliphatic hydroxyl groups is 1. The Labute approximate surface area is 145 Å². The van der Waals surface area contributed by atoms with Gasteiger partial charge in [0, 0.05) is 25.0 Å². The molecule has 1 amide bonds. The van der Waals surface area contributed by atoms with E-state index in [0.29, 0.717) is 12.5 Å². The summed E-state index contributed by atoms with van der Waals surface area (Å²) in [6, 6.07) is 10.5. The quantitative estimate of drug-likeness (QED) is 0.926. The van der Waals surface area contributed by atoms with Crippen LogP contribution in [0.5, 0.6) is 0 Å². The highest BCUT2D eigenvalue weighted by atomic mass is 16.3. The number of amides is 1. The molecule has 4 nitrogen and oxygen atoms in total. The topological polar surface area (TPSA) is 43.8 Å². The van der Waals surface area contributed by atoms with Crippen molar-refractivity contribution in [3.05, 3.63) is 35.9 Å². The van der Waals surface area contributed by atoms with Gasteiger partial charge in [-0.05, 0) is 43.8 Å². The van der Waals surface area contributed by atoms with Crippen molar-refractivity contribution >= 4 is 5.91 Å². The van der Waals surface area contributed by atoms with Gasteiger partial charge in [0.05, 0.1) is 6.10 Å². The molecule has 2 heterocycles. The smallest absolute Gasteiger partial charge is 0.228 e. The summed E-state index contributed by atoms with van der Waals surface area (Å²) in [6.07, 6.45) is 2.34. The number of carbonyl (C=O) groups is 1. The lowest BCUT2D eigenvalue weighted by Crippen LogP contribution is -2.53. The maximum absolute atomic E-state index is 13.0. The minimum Gasteiger partial charge on any atom is -0.391 e. The van der Waals surface area contributed by atoms with Gasteiger partial charge in [-0.2, -0.15) is 0 Å². The van der Waals surface area contributed by atoms with E-state index < -0.39 is 0 Å². The Bertz CT molecular complexity index is 552. The van der Waals surface area contributed by atoms with Gasteiger partial charge in [-0.15, -0.1) is 0 Å². The van der Waals surface area contributed by atoms with Gasteiger partial charge in [-0.1, -0.05) is 44.2 Å². The molecule has 2 atom stereocenters. The monoisotopic (exact) mass is 330 g/mol. The van der Waals surface area contributed by atoms with Crippen LogP contribution in [-0.2, 0) is 11.3 Å². The normalized spacial score (nSPS) is 27.9. The highest BCUT2D eigenvalue weighted by Gasteiger charge is 2.41. The van der Waals surface area contributed by atoms with E-state index in [1.807, 2.05) is 11.0 Å². The summed E-state index contributed by atoms with van der Waals surface area (Å²) in [5.74, 6) is 0.544. The Morgan fingerprint density at radius 3 is 2.50 bits per heavy atom. The molecular weight excluding hydrogens is 300 g/mol. The fourth-order valence-electron chi connectivity index (χ4n) is 3.88. The SMILES string of the molecule is C[C@@H]1CCN(C(=O)C2(C)CCN(Cc3ccccc3)CC2)C[C@H]1O. The third-order valence-corrected chi connectivity index (χ3v) is 5.93. The fourth-order valence-corrected chi connectivity index (χ4v) is 3.88. The second kappa shape index (κ2) is 7.24. The van der Waals surface area contributed by atoms with Crippen LogP contribution in [0.4, 0.5) is 0 Å². The maximum Gasteiger partial charge on any atom is 0.228 e. The van der Waals surface area contributed by atoms with Gasteiger partial charge in [-0.3, -0.25) is 9.69 Å². The summed E-state index contributed by atoms with van der Waals surface area (Å²) in [5.41, 5.74) is 1.06. The number of aliphatic hydroxyl groups excluding tert-OH is 1. The van der Waals surface area contributed by atoms with Crippen LogP contribution in [0.3, 0.4) is 0 Å². The lowest BCUT2D eigenvalue weighted by Gasteiger charge is -2.43. The van der Waals surface area contributed by atoms with Crippen LogP contribution in [0.15, 0.2) is 30.3 Å². The molecule has 3 rings (SSSR count). The van der Waals surface area contributed by atoms with Crippen molar-refractivity contribution < 1.29 is 9.90 Å². The molecule has 2 aliphatic heterocycles. The molecule has 0 radical (unpaired) electrons. The van der Waals surface area contributed by atoms with Gasteiger partial charge in [0.15, 0.2) is 0 Å². The Kier molecular flexibility index (Phi) is 5.26. The van der Waals surface area contributed by atoms with E-state index in [1.165, 1.54) is 5.56 Å². The Morgan fingerprint density at radius 2 is 1.88 bits per heavy atom. The molecule has 0 bridgehead atoms. The molecule has 132 valence electrons. The number of hydrogen-bond donors (Lipinski definition) is 1. The third kappa shape index (κ3) is 3.81. The molecule has 2 saturated heterocycles. The molecule has 1 aromatic carbocycles. The van der Waals surface area contributed by atoms with Crippen LogP contribution in [0.25, 0.3) is 0 Å². The van der Waals surface area contributed by atoms with Crippen molar-refractivity contribution in [2.45, 2.75) is 45.8 Å². The molecule has 0 aromatic heterocycles. The lowest BCUT2D eigenvalue weighted by molar-refractivity contribution is -0.148. The molecule has 0 spiro atoms. The first-order chi connectivity index (χ1) is 11.5. The van der Waals surface area contributed by atoms with Crippen molar-refractivity contribution in [2.75, 3.05) is 26.2 Å². The molecule has 0 unspecified atom stereocenters. The van der Waals surface area contributed by atoms with Crippen LogP contribution < -0.4 is 0 Å². The molecule has 0 saturated carbocycles. The van der Waals surface area contributed by atoms with Gasteiger partial charge in [0.2, 0.25) is 5.91 Å². The number of benzene rings is 1. The molecule has 2 aliphatic rings. The summed E-state index contributed by atoms with van der Waals surface area (Å²) in [6.45, 7) is 8.36. The van der Waals surface area contributed by atoms with E-state index in [1.54, 1.807) is 0 Å². The zero-order valence-corrected chi connectivity index (χ0v) is 14.9. The predicted molar refractivity (Wildman–Crippen MR) is 95.4 cm³/mol. The van der Waals surface area contributed by atoms with E-state index >= 15 is 0 Å². The molecule has 2 fully saturated rings. The summed E-state index contributed by atoms with van der Waals surface area (Å²) in [4.78, 5) is 17.3. The first kappa shape index (κ1) is 17.4. The van der Waals surface area contributed by atoms with E-state index in [9.17, 15) is 9.90 Å². The van der Waals surface area contributed by atoms with E-state index in [-0.39, 0.29) is 17.4 Å². The maximum atomic E-state index is 13.0. The Morgan fingerprint density at radius 1 is 1.21 bits per heavy atom. The summed E-state index contributed by atoms with van der Waals surface area (Å²) < 4.78 is 0. The lowest BCUT2D eigenvalue weighted by atomic mass is 9.78.